The van der Waals surface area contributed by atoms with Gasteiger partial charge in [0.05, 0.1) is 29.2 Å². The summed E-state index contributed by atoms with van der Waals surface area (Å²) >= 11 is 1.38. The Labute approximate surface area is 171 Å². The third kappa shape index (κ3) is 3.56. The van der Waals surface area contributed by atoms with Crippen molar-refractivity contribution in [1.82, 2.24) is 28.7 Å². The number of rotatable bonds is 5. The highest BCUT2D eigenvalue weighted by Gasteiger charge is 2.25. The van der Waals surface area contributed by atoms with Crippen LogP contribution < -0.4 is 10.6 Å². The summed E-state index contributed by atoms with van der Waals surface area (Å²) < 4.78 is 8.11. The smallest absolute Gasteiger partial charge is 0.230 e. The van der Waals surface area contributed by atoms with Gasteiger partial charge in [0.15, 0.2) is 5.82 Å². The lowest BCUT2D eigenvalue weighted by molar-refractivity contribution is 0.182. The minimum Gasteiger partial charge on any atom is -0.393 e. The van der Waals surface area contributed by atoms with Gasteiger partial charge in [-0.3, -0.25) is 4.68 Å². The van der Waals surface area contributed by atoms with Crippen molar-refractivity contribution >= 4 is 39.3 Å². The van der Waals surface area contributed by atoms with E-state index in [9.17, 15) is 5.11 Å². The summed E-state index contributed by atoms with van der Waals surface area (Å²) in [7, 11) is 1.89. The van der Waals surface area contributed by atoms with Gasteiger partial charge in [-0.25, -0.2) is 4.98 Å². The van der Waals surface area contributed by atoms with Crippen LogP contribution in [0.15, 0.2) is 30.7 Å². The van der Waals surface area contributed by atoms with Crippen LogP contribution in [-0.2, 0) is 7.05 Å². The molecule has 1 aliphatic carbocycles. The molecule has 4 aromatic heterocycles. The van der Waals surface area contributed by atoms with E-state index >= 15 is 0 Å². The minimum atomic E-state index is -0.257. The second-order valence-electron chi connectivity index (χ2n) is 7.45. The Hall–Kier alpha value is -2.98. The molecule has 9 nitrogen and oxygen atoms in total. The number of aliphatic hydroxyl groups is 1. The molecule has 1 aliphatic rings. The molecule has 0 spiro atoms. The Kier molecular flexibility index (Phi) is 4.44. The highest BCUT2D eigenvalue weighted by molar-refractivity contribution is 7.10. The monoisotopic (exact) mass is 410 g/mol. The van der Waals surface area contributed by atoms with Crippen LogP contribution in [0.4, 0.5) is 16.8 Å². The van der Waals surface area contributed by atoms with Gasteiger partial charge in [0.25, 0.3) is 0 Å². The molecule has 4 aromatic rings. The molecule has 29 heavy (non-hydrogen) atoms. The highest BCUT2D eigenvalue weighted by Crippen LogP contribution is 2.31. The summed E-state index contributed by atoms with van der Waals surface area (Å²) in [6, 6.07) is 4.13. The maximum absolute atomic E-state index is 9.93. The van der Waals surface area contributed by atoms with Crippen LogP contribution in [0, 0.1) is 6.92 Å². The number of fused-ring (bicyclic) bond motifs is 1. The van der Waals surface area contributed by atoms with Crippen molar-refractivity contribution in [1.29, 1.82) is 0 Å². The van der Waals surface area contributed by atoms with Crippen molar-refractivity contribution in [3.63, 3.8) is 0 Å². The van der Waals surface area contributed by atoms with Gasteiger partial charge in [-0.15, -0.1) is 0 Å². The van der Waals surface area contributed by atoms with Gasteiger partial charge in [-0.1, -0.05) is 0 Å². The molecule has 150 valence electrons. The van der Waals surface area contributed by atoms with Crippen LogP contribution in [0.3, 0.4) is 0 Å². The zero-order valence-corrected chi connectivity index (χ0v) is 17.0. The number of aryl methyl sites for hydroxylation is 2. The van der Waals surface area contributed by atoms with Gasteiger partial charge in [-0.05, 0) is 49.9 Å². The van der Waals surface area contributed by atoms with Gasteiger partial charge in [-0.2, -0.15) is 14.5 Å². The molecule has 10 heteroatoms. The Balaban J connectivity index is 1.58. The normalized spacial score (nSPS) is 19.1. The number of nitrogens with zero attached hydrogens (tertiary/aromatic N) is 6. The standard InChI is InChI=1S/C19H22N8OS/c1-11-7-16(29-25-11)23-19-22-15-5-6-27(13-9-20-26(2)10-13)17(15)18(24-19)21-12-3-4-14(28)8-12/h5-7,9-10,12,14,28H,3-4,8H2,1-2H3,(H2,21,22,23,24)/t12-,14+/m0/s1. The summed E-state index contributed by atoms with van der Waals surface area (Å²) in [5.74, 6) is 1.26. The second kappa shape index (κ2) is 7.12. The highest BCUT2D eigenvalue weighted by atomic mass is 32.1. The molecule has 1 saturated carbocycles. The van der Waals surface area contributed by atoms with E-state index in [0.717, 1.165) is 52.5 Å². The van der Waals surface area contributed by atoms with Crippen LogP contribution in [-0.4, -0.2) is 45.9 Å². The zero-order valence-electron chi connectivity index (χ0n) is 16.2. The van der Waals surface area contributed by atoms with Gasteiger partial charge in [0.1, 0.15) is 10.5 Å². The van der Waals surface area contributed by atoms with Crippen molar-refractivity contribution in [2.75, 3.05) is 10.6 Å². The van der Waals surface area contributed by atoms with Crippen molar-refractivity contribution in [2.45, 2.75) is 38.3 Å². The van der Waals surface area contributed by atoms with Gasteiger partial charge >= 0.3 is 0 Å². The van der Waals surface area contributed by atoms with Crippen molar-refractivity contribution in [2.24, 2.45) is 7.05 Å². The third-order valence-electron chi connectivity index (χ3n) is 5.11. The molecule has 3 N–H and O–H groups in total. The van der Waals surface area contributed by atoms with E-state index in [1.165, 1.54) is 11.5 Å². The fourth-order valence-electron chi connectivity index (χ4n) is 3.76. The maximum atomic E-state index is 9.93. The van der Waals surface area contributed by atoms with E-state index in [1.807, 2.05) is 49.3 Å². The van der Waals surface area contributed by atoms with Crippen molar-refractivity contribution in [3.05, 3.63) is 36.4 Å². The lowest BCUT2D eigenvalue weighted by Crippen LogP contribution is -2.18. The van der Waals surface area contributed by atoms with Crippen LogP contribution >= 0.6 is 11.5 Å². The molecule has 0 aromatic carbocycles. The molecular formula is C19H22N8OS. The molecule has 4 heterocycles. The molecule has 0 saturated heterocycles. The third-order valence-corrected chi connectivity index (χ3v) is 5.91. The van der Waals surface area contributed by atoms with E-state index in [-0.39, 0.29) is 12.1 Å². The Morgan fingerprint density at radius 3 is 2.86 bits per heavy atom. The molecule has 0 bridgehead atoms. The fraction of sp³-hybridized carbons (Fsp3) is 0.368. The van der Waals surface area contributed by atoms with E-state index in [1.54, 1.807) is 4.68 Å². The van der Waals surface area contributed by atoms with Crippen LogP contribution in [0.1, 0.15) is 25.0 Å². The second-order valence-corrected chi connectivity index (χ2v) is 8.26. The first-order valence-corrected chi connectivity index (χ1v) is 10.4. The average molecular weight is 411 g/mol. The van der Waals surface area contributed by atoms with E-state index in [4.69, 9.17) is 9.97 Å². The first kappa shape index (κ1) is 18.1. The molecule has 5 rings (SSSR count). The number of anilines is 3. The van der Waals surface area contributed by atoms with Gasteiger partial charge in [0, 0.05) is 25.5 Å². The zero-order chi connectivity index (χ0) is 20.0. The number of hydrogen-bond donors (Lipinski definition) is 3. The summed E-state index contributed by atoms with van der Waals surface area (Å²) in [6.07, 6.45) is 7.93. The lowest BCUT2D eigenvalue weighted by Gasteiger charge is -2.16. The average Bonchev–Trinajstić information content (AvgIpc) is 3.44. The first-order chi connectivity index (χ1) is 14.0. The minimum absolute atomic E-state index is 0.179. The molecule has 0 radical (unpaired) electrons. The first-order valence-electron chi connectivity index (χ1n) is 9.58. The predicted molar refractivity (Wildman–Crippen MR) is 113 cm³/mol. The Morgan fingerprint density at radius 2 is 2.17 bits per heavy atom. The van der Waals surface area contributed by atoms with Crippen LogP contribution in [0.2, 0.25) is 0 Å². The van der Waals surface area contributed by atoms with Crippen molar-refractivity contribution in [3.8, 4) is 5.69 Å². The largest absolute Gasteiger partial charge is 0.393 e. The van der Waals surface area contributed by atoms with E-state index in [2.05, 4.69) is 20.1 Å². The summed E-state index contributed by atoms with van der Waals surface area (Å²) in [5.41, 5.74) is 3.62. The lowest BCUT2D eigenvalue weighted by atomic mass is 10.2. The predicted octanol–water partition coefficient (Wildman–Crippen LogP) is 2.99. The van der Waals surface area contributed by atoms with E-state index in [0.29, 0.717) is 5.95 Å². The van der Waals surface area contributed by atoms with Crippen LogP contribution in [0.25, 0.3) is 16.7 Å². The Bertz CT molecular complexity index is 1160. The number of nitrogens with one attached hydrogen (secondary N) is 2. The van der Waals surface area contributed by atoms with Crippen molar-refractivity contribution < 1.29 is 5.11 Å². The molecular weight excluding hydrogens is 388 g/mol. The van der Waals surface area contributed by atoms with Crippen LogP contribution in [0.5, 0.6) is 0 Å². The number of hydrogen-bond acceptors (Lipinski definition) is 8. The quantitative estimate of drug-likeness (QED) is 0.464. The number of aliphatic hydroxyl groups excluding tert-OH is 1. The molecule has 1 fully saturated rings. The Morgan fingerprint density at radius 1 is 1.28 bits per heavy atom. The molecule has 2 atom stereocenters. The topological polar surface area (TPSA) is 106 Å². The molecule has 0 unspecified atom stereocenters. The van der Waals surface area contributed by atoms with Gasteiger partial charge < -0.3 is 20.3 Å². The summed E-state index contributed by atoms with van der Waals surface area (Å²) in [5, 5.41) is 21.9. The van der Waals surface area contributed by atoms with Gasteiger partial charge in [0.2, 0.25) is 5.95 Å². The molecule has 0 amide bonds. The summed E-state index contributed by atoms with van der Waals surface area (Å²) in [4.78, 5) is 9.48. The summed E-state index contributed by atoms with van der Waals surface area (Å²) in [6.45, 7) is 1.96. The molecule has 0 aliphatic heterocycles. The van der Waals surface area contributed by atoms with E-state index < -0.39 is 0 Å². The maximum Gasteiger partial charge on any atom is 0.230 e. The fourth-order valence-corrected chi connectivity index (χ4v) is 4.42. The SMILES string of the molecule is Cc1cc(Nc2nc(N[C@H]3CC[C@@H](O)C3)c3c(ccn3-c3cnn(C)c3)n2)sn1. The number of aromatic nitrogens is 6.